The minimum Gasteiger partial charge on any atom is -0.465 e. The van der Waals surface area contributed by atoms with Crippen LogP contribution in [0.4, 0.5) is 17.3 Å². The van der Waals surface area contributed by atoms with Crippen LogP contribution < -0.4 is 10.2 Å². The molecule has 1 aromatic heterocycles. The van der Waals surface area contributed by atoms with Gasteiger partial charge in [0.1, 0.15) is 28.6 Å². The van der Waals surface area contributed by atoms with Gasteiger partial charge in [-0.1, -0.05) is 0 Å². The van der Waals surface area contributed by atoms with E-state index in [1.807, 2.05) is 0 Å². The number of hydrogen-bond acceptors (Lipinski definition) is 8. The van der Waals surface area contributed by atoms with Crippen LogP contribution in [0.2, 0.25) is 0 Å². The fourth-order valence-electron chi connectivity index (χ4n) is 2.45. The zero-order chi connectivity index (χ0) is 20.3. The molecule has 0 atom stereocenters. The van der Waals surface area contributed by atoms with Gasteiger partial charge in [0, 0.05) is 25.7 Å². The summed E-state index contributed by atoms with van der Waals surface area (Å²) in [5.41, 5.74) is -0.212. The van der Waals surface area contributed by atoms with Gasteiger partial charge in [0.2, 0.25) is 5.88 Å². The molecule has 0 saturated carbocycles. The largest absolute Gasteiger partial charge is 0.465 e. The molecule has 1 N–H and O–H groups in total. The van der Waals surface area contributed by atoms with Crippen LogP contribution in [0.3, 0.4) is 0 Å². The zero-order valence-electron chi connectivity index (χ0n) is 15.0. The summed E-state index contributed by atoms with van der Waals surface area (Å²) in [6, 6.07) is 5.74. The fourth-order valence-corrected chi connectivity index (χ4v) is 2.45. The highest BCUT2D eigenvalue weighted by molar-refractivity contribution is 6.06. The van der Waals surface area contributed by atoms with Crippen molar-refractivity contribution in [2.45, 2.75) is 6.92 Å². The molecule has 2 rings (SSSR count). The molecule has 1 aromatic carbocycles. The number of ether oxygens (including phenoxy) is 1. The number of carbonyl (C=O) groups is 2. The lowest BCUT2D eigenvalue weighted by Crippen LogP contribution is -2.15. The van der Waals surface area contributed by atoms with Gasteiger partial charge in [-0.3, -0.25) is 20.2 Å². The lowest BCUT2D eigenvalue weighted by Gasteiger charge is -2.13. The van der Waals surface area contributed by atoms with Crippen molar-refractivity contribution in [1.82, 2.24) is 0 Å². The number of aryl methyl sites for hydroxylation is 1. The molecule has 10 heteroatoms. The highest BCUT2D eigenvalue weighted by Crippen LogP contribution is 2.30. The highest BCUT2D eigenvalue weighted by Gasteiger charge is 2.26. The number of carbonyl (C=O) groups excluding carboxylic acids is 2. The van der Waals surface area contributed by atoms with E-state index in [0.29, 0.717) is 5.69 Å². The average molecular weight is 372 g/mol. The third-order valence-corrected chi connectivity index (χ3v) is 3.73. The lowest BCUT2D eigenvalue weighted by atomic mass is 10.1. The van der Waals surface area contributed by atoms with Crippen molar-refractivity contribution in [3.63, 3.8) is 0 Å². The van der Waals surface area contributed by atoms with Gasteiger partial charge >= 0.3 is 5.97 Å². The molecule has 0 unspecified atom stereocenters. The van der Waals surface area contributed by atoms with Gasteiger partial charge in [-0.2, -0.15) is 5.26 Å². The van der Waals surface area contributed by atoms with E-state index in [-0.39, 0.29) is 34.0 Å². The standard InChI is InChI=1S/C17H16N4O6/c1-9-14(17(23)26-4)11(8-18)16(27-9)19-15(22)10-5-6-12(20(2)3)13(7-10)21(24)25/h5-7H,1-4H3,(H,19,22). The van der Waals surface area contributed by atoms with E-state index in [1.54, 1.807) is 25.1 Å². The average Bonchev–Trinajstić information content (AvgIpc) is 2.95. The fraction of sp³-hybridized carbons (Fsp3) is 0.235. The van der Waals surface area contributed by atoms with E-state index in [2.05, 4.69) is 10.1 Å². The number of furan rings is 1. The van der Waals surface area contributed by atoms with E-state index in [0.717, 1.165) is 13.2 Å². The molecule has 27 heavy (non-hydrogen) atoms. The number of methoxy groups -OCH3 is 1. The summed E-state index contributed by atoms with van der Waals surface area (Å²) >= 11 is 0. The number of benzene rings is 1. The molecule has 1 heterocycles. The van der Waals surface area contributed by atoms with Gasteiger partial charge in [-0.15, -0.1) is 0 Å². The number of amides is 1. The number of nitrogens with zero attached hydrogens (tertiary/aromatic N) is 3. The number of nitrogens with one attached hydrogen (secondary N) is 1. The Morgan fingerprint density at radius 2 is 2.04 bits per heavy atom. The summed E-state index contributed by atoms with van der Waals surface area (Å²) in [5, 5.41) is 22.9. The molecule has 0 saturated heterocycles. The van der Waals surface area contributed by atoms with Crippen LogP contribution in [0.1, 0.15) is 32.0 Å². The first-order chi connectivity index (χ1) is 12.7. The van der Waals surface area contributed by atoms with Crippen molar-refractivity contribution in [3.05, 3.63) is 50.8 Å². The number of nitriles is 1. The molecule has 0 fully saturated rings. The lowest BCUT2D eigenvalue weighted by molar-refractivity contribution is -0.384. The summed E-state index contributed by atoms with van der Waals surface area (Å²) in [4.78, 5) is 36.4. The van der Waals surface area contributed by atoms with Crippen molar-refractivity contribution in [3.8, 4) is 6.07 Å². The van der Waals surface area contributed by atoms with Gasteiger partial charge in [0.15, 0.2) is 0 Å². The zero-order valence-corrected chi connectivity index (χ0v) is 15.0. The molecule has 2 aromatic rings. The Bertz CT molecular complexity index is 971. The van der Waals surface area contributed by atoms with Gasteiger partial charge in [0.05, 0.1) is 12.0 Å². The minimum atomic E-state index is -0.778. The van der Waals surface area contributed by atoms with Gasteiger partial charge < -0.3 is 14.1 Å². The van der Waals surface area contributed by atoms with Crippen molar-refractivity contribution < 1.29 is 23.7 Å². The molecule has 1 amide bonds. The monoisotopic (exact) mass is 372 g/mol. The van der Waals surface area contributed by atoms with Crippen LogP contribution in [-0.4, -0.2) is 38.0 Å². The molecule has 0 aliphatic carbocycles. The third kappa shape index (κ3) is 3.72. The van der Waals surface area contributed by atoms with Crippen LogP contribution in [-0.2, 0) is 4.74 Å². The second-order valence-corrected chi connectivity index (χ2v) is 5.65. The number of rotatable bonds is 5. The van der Waals surface area contributed by atoms with Gasteiger partial charge in [-0.25, -0.2) is 4.79 Å². The first-order valence-corrected chi connectivity index (χ1v) is 7.60. The molecule has 0 aliphatic heterocycles. The maximum atomic E-state index is 12.5. The summed E-state index contributed by atoms with van der Waals surface area (Å²) in [6.07, 6.45) is 0. The number of esters is 1. The molecule has 10 nitrogen and oxygen atoms in total. The number of nitro benzene ring substituents is 1. The SMILES string of the molecule is COC(=O)c1c(C)oc(NC(=O)c2ccc(N(C)C)c([N+](=O)[O-])c2)c1C#N. The van der Waals surface area contributed by atoms with Crippen LogP contribution in [0.5, 0.6) is 0 Å². The van der Waals surface area contributed by atoms with Crippen molar-refractivity contribution >= 4 is 29.1 Å². The Morgan fingerprint density at radius 1 is 1.37 bits per heavy atom. The first-order valence-electron chi connectivity index (χ1n) is 7.60. The van der Waals surface area contributed by atoms with E-state index < -0.39 is 16.8 Å². The Hall–Kier alpha value is -3.87. The Balaban J connectivity index is 2.42. The molecular formula is C17H16N4O6. The van der Waals surface area contributed by atoms with Gasteiger partial charge in [-0.05, 0) is 19.1 Å². The van der Waals surface area contributed by atoms with Crippen LogP contribution in [0.25, 0.3) is 0 Å². The predicted octanol–water partition coefficient (Wildman–Crippen LogP) is 2.47. The number of anilines is 2. The maximum absolute atomic E-state index is 12.5. The highest BCUT2D eigenvalue weighted by atomic mass is 16.6. The van der Waals surface area contributed by atoms with Crippen molar-refractivity contribution in [1.29, 1.82) is 5.26 Å². The van der Waals surface area contributed by atoms with E-state index in [9.17, 15) is 25.0 Å². The second-order valence-electron chi connectivity index (χ2n) is 5.65. The predicted molar refractivity (Wildman–Crippen MR) is 94.9 cm³/mol. The first kappa shape index (κ1) is 19.5. The second kappa shape index (κ2) is 7.57. The van der Waals surface area contributed by atoms with Gasteiger partial charge in [0.25, 0.3) is 11.6 Å². The summed E-state index contributed by atoms with van der Waals surface area (Å²) in [5.74, 6) is -1.65. The van der Waals surface area contributed by atoms with E-state index in [1.165, 1.54) is 19.1 Å². The summed E-state index contributed by atoms with van der Waals surface area (Å²) in [6.45, 7) is 1.44. The normalized spacial score (nSPS) is 10.0. The molecule has 0 radical (unpaired) electrons. The molecule has 0 aliphatic rings. The molecular weight excluding hydrogens is 356 g/mol. The number of nitro groups is 1. The van der Waals surface area contributed by atoms with Crippen molar-refractivity contribution in [2.75, 3.05) is 31.4 Å². The summed E-state index contributed by atoms with van der Waals surface area (Å²) in [7, 11) is 4.43. The van der Waals surface area contributed by atoms with Crippen LogP contribution in [0.15, 0.2) is 22.6 Å². The topological polar surface area (TPSA) is 139 Å². The van der Waals surface area contributed by atoms with E-state index in [4.69, 9.17) is 4.42 Å². The van der Waals surface area contributed by atoms with Crippen molar-refractivity contribution in [2.24, 2.45) is 0 Å². The Kier molecular flexibility index (Phi) is 5.45. The van der Waals surface area contributed by atoms with Crippen LogP contribution >= 0.6 is 0 Å². The Morgan fingerprint density at radius 3 is 2.56 bits per heavy atom. The molecule has 140 valence electrons. The van der Waals surface area contributed by atoms with E-state index >= 15 is 0 Å². The third-order valence-electron chi connectivity index (χ3n) is 3.73. The number of hydrogen-bond donors (Lipinski definition) is 1. The maximum Gasteiger partial charge on any atom is 0.342 e. The minimum absolute atomic E-state index is 0.00939. The van der Waals surface area contributed by atoms with Crippen LogP contribution in [0, 0.1) is 28.4 Å². The smallest absolute Gasteiger partial charge is 0.342 e. The Labute approximate surface area is 154 Å². The quantitative estimate of drug-likeness (QED) is 0.480. The molecule has 0 spiro atoms. The molecule has 0 bridgehead atoms. The summed E-state index contributed by atoms with van der Waals surface area (Å²) < 4.78 is 9.89.